The van der Waals surface area contributed by atoms with Gasteiger partial charge >= 0.3 is 0 Å². The molecule has 1 heterocycles. The normalized spacial score (nSPS) is 16.1. The fourth-order valence-electron chi connectivity index (χ4n) is 11.2. The van der Waals surface area contributed by atoms with Gasteiger partial charge in [0.2, 0.25) is 0 Å². The summed E-state index contributed by atoms with van der Waals surface area (Å²) in [4.78, 5) is 2.51. The second kappa shape index (κ2) is 12.2. The van der Waals surface area contributed by atoms with Crippen molar-refractivity contribution < 1.29 is 4.42 Å². The van der Waals surface area contributed by atoms with Crippen molar-refractivity contribution in [3.05, 3.63) is 209 Å². The zero-order chi connectivity index (χ0) is 39.7. The van der Waals surface area contributed by atoms with E-state index in [1.54, 1.807) is 0 Å². The molecule has 3 aliphatic carbocycles. The van der Waals surface area contributed by atoms with E-state index in [1.807, 2.05) is 0 Å². The average Bonchev–Trinajstić information content (AvgIpc) is 3.90. The summed E-state index contributed by atoms with van der Waals surface area (Å²) in [6, 6.07) is 65.8. The Labute approximate surface area is 346 Å². The molecular weight excluding hydrogens is 715 g/mol. The number of rotatable bonds is 4. The third-order valence-corrected chi connectivity index (χ3v) is 14.2. The van der Waals surface area contributed by atoms with E-state index in [0.717, 1.165) is 45.4 Å². The Morgan fingerprint density at radius 2 is 0.983 bits per heavy atom. The third kappa shape index (κ3) is 4.69. The predicted molar refractivity (Wildman–Crippen MR) is 245 cm³/mol. The first kappa shape index (κ1) is 34.4. The molecule has 12 rings (SSSR count). The van der Waals surface area contributed by atoms with Gasteiger partial charge in [-0.3, -0.25) is 0 Å². The summed E-state index contributed by atoms with van der Waals surface area (Å²) in [5.74, 6) is 0. The molecule has 0 amide bonds. The number of fused-ring (bicyclic) bond motifs is 14. The highest BCUT2D eigenvalue weighted by Crippen LogP contribution is 2.64. The smallest absolute Gasteiger partial charge is 0.137 e. The van der Waals surface area contributed by atoms with Gasteiger partial charge in [-0.25, -0.2) is 0 Å². The fraction of sp³-hybridized carbons (Fsp3) is 0.158. The molecular formula is C57H45NO. The number of hydrogen-bond acceptors (Lipinski definition) is 2. The molecule has 1 spiro atoms. The summed E-state index contributed by atoms with van der Waals surface area (Å²) < 4.78 is 6.58. The molecule has 3 aliphatic rings. The largest absolute Gasteiger partial charge is 0.456 e. The van der Waals surface area contributed by atoms with Crippen LogP contribution in [-0.2, 0) is 16.2 Å². The van der Waals surface area contributed by atoms with Crippen LogP contribution < -0.4 is 4.90 Å². The van der Waals surface area contributed by atoms with Crippen LogP contribution in [0.1, 0.15) is 73.9 Å². The minimum Gasteiger partial charge on any atom is -0.456 e. The van der Waals surface area contributed by atoms with Crippen molar-refractivity contribution in [2.45, 2.75) is 56.8 Å². The van der Waals surface area contributed by atoms with Crippen molar-refractivity contribution in [3.63, 3.8) is 0 Å². The highest BCUT2D eigenvalue weighted by atomic mass is 16.3. The zero-order valence-corrected chi connectivity index (χ0v) is 34.0. The highest BCUT2D eigenvalue weighted by molar-refractivity contribution is 6.14. The van der Waals surface area contributed by atoms with Crippen LogP contribution in [0.2, 0.25) is 0 Å². The summed E-state index contributed by atoms with van der Waals surface area (Å²) >= 11 is 0. The second-order valence-corrected chi connectivity index (χ2v) is 18.2. The number of benzene rings is 8. The summed E-state index contributed by atoms with van der Waals surface area (Å²) in [5, 5.41) is 2.23. The minimum absolute atomic E-state index is 0.0616. The maximum atomic E-state index is 6.58. The molecule has 0 unspecified atom stereocenters. The highest BCUT2D eigenvalue weighted by Gasteiger charge is 2.52. The minimum atomic E-state index is -0.481. The van der Waals surface area contributed by atoms with Crippen molar-refractivity contribution in [2.75, 3.05) is 4.90 Å². The molecule has 2 nitrogen and oxygen atoms in total. The lowest BCUT2D eigenvalue weighted by Crippen LogP contribution is -2.33. The van der Waals surface area contributed by atoms with Crippen LogP contribution in [0.15, 0.2) is 180 Å². The van der Waals surface area contributed by atoms with E-state index in [-0.39, 0.29) is 10.8 Å². The second-order valence-electron chi connectivity index (χ2n) is 18.2. The molecule has 0 saturated heterocycles. The number of anilines is 3. The maximum Gasteiger partial charge on any atom is 0.137 e. The van der Waals surface area contributed by atoms with Crippen molar-refractivity contribution in [1.29, 1.82) is 0 Å². The van der Waals surface area contributed by atoms with Crippen molar-refractivity contribution >= 4 is 39.0 Å². The Balaban J connectivity index is 1.24. The number of hydrogen-bond donors (Lipinski definition) is 0. The molecule has 0 radical (unpaired) electrons. The number of furan rings is 1. The van der Waals surface area contributed by atoms with E-state index in [2.05, 4.69) is 209 Å². The van der Waals surface area contributed by atoms with Crippen LogP contribution in [0.5, 0.6) is 0 Å². The van der Waals surface area contributed by atoms with Crippen LogP contribution in [-0.4, -0.2) is 0 Å². The molecule has 0 fully saturated rings. The summed E-state index contributed by atoms with van der Waals surface area (Å²) in [5.41, 5.74) is 20.8. The molecule has 0 bridgehead atoms. The molecule has 9 aromatic rings. The van der Waals surface area contributed by atoms with E-state index in [0.29, 0.717) is 0 Å². The predicted octanol–water partition coefficient (Wildman–Crippen LogP) is 15.4. The Morgan fingerprint density at radius 3 is 1.68 bits per heavy atom. The van der Waals surface area contributed by atoms with Gasteiger partial charge < -0.3 is 9.32 Å². The zero-order valence-electron chi connectivity index (χ0n) is 34.0. The molecule has 284 valence electrons. The first-order valence-corrected chi connectivity index (χ1v) is 21.1. The van der Waals surface area contributed by atoms with Crippen molar-refractivity contribution in [1.82, 2.24) is 0 Å². The number of para-hydroxylation sites is 2. The Morgan fingerprint density at radius 1 is 0.407 bits per heavy atom. The average molecular weight is 760 g/mol. The van der Waals surface area contributed by atoms with Crippen molar-refractivity contribution in [2.24, 2.45) is 0 Å². The molecule has 59 heavy (non-hydrogen) atoms. The third-order valence-electron chi connectivity index (χ3n) is 14.2. The van der Waals surface area contributed by atoms with Gasteiger partial charge in [-0.05, 0) is 127 Å². The van der Waals surface area contributed by atoms with Crippen LogP contribution in [0.25, 0.3) is 55.3 Å². The molecule has 1 aromatic heterocycles. The van der Waals surface area contributed by atoms with Gasteiger partial charge in [0.1, 0.15) is 11.2 Å². The Hall–Kier alpha value is -6.64. The summed E-state index contributed by atoms with van der Waals surface area (Å²) in [7, 11) is 0. The lowest BCUT2D eigenvalue weighted by Gasteiger charge is -2.42. The van der Waals surface area contributed by atoms with Gasteiger partial charge in [-0.2, -0.15) is 0 Å². The molecule has 0 atom stereocenters. The van der Waals surface area contributed by atoms with E-state index in [9.17, 15) is 0 Å². The van der Waals surface area contributed by atoms with E-state index < -0.39 is 5.41 Å². The summed E-state index contributed by atoms with van der Waals surface area (Å²) in [6.45, 7) is 9.71. The molecule has 2 heteroatoms. The van der Waals surface area contributed by atoms with Crippen LogP contribution in [0.4, 0.5) is 17.1 Å². The van der Waals surface area contributed by atoms with Crippen molar-refractivity contribution in [3.8, 4) is 33.4 Å². The van der Waals surface area contributed by atoms with Gasteiger partial charge in [-0.1, -0.05) is 161 Å². The van der Waals surface area contributed by atoms with Crippen LogP contribution in [0, 0.1) is 0 Å². The van der Waals surface area contributed by atoms with Gasteiger partial charge in [0.15, 0.2) is 0 Å². The van der Waals surface area contributed by atoms with E-state index in [1.165, 1.54) is 73.2 Å². The first-order chi connectivity index (χ1) is 28.8. The lowest BCUT2D eigenvalue weighted by atomic mass is 9.63. The SMILES string of the molecule is CC1(C)CCC(C)(C)c2cc(-c3cc4c(cc3N(c3ccccc3)c3cccc5oc6ccccc6c35)C3(c5ccccc5-c5ccccc53)c3ccccc3-4)ccc21. The monoisotopic (exact) mass is 759 g/mol. The van der Waals surface area contributed by atoms with E-state index in [4.69, 9.17) is 4.42 Å². The van der Waals surface area contributed by atoms with Crippen LogP contribution >= 0.6 is 0 Å². The fourth-order valence-corrected chi connectivity index (χ4v) is 11.2. The van der Waals surface area contributed by atoms with E-state index >= 15 is 0 Å². The Bertz CT molecular complexity index is 3130. The topological polar surface area (TPSA) is 16.4 Å². The van der Waals surface area contributed by atoms with Gasteiger partial charge in [0, 0.05) is 16.6 Å². The molecule has 0 N–H and O–H groups in total. The standard InChI is InChI=1S/C57H45NO/c1-55(2)31-32-56(3,4)49-33-36(29-30-47(49)55)42-34-43-40-21-10-14-25-46(40)57(44-23-12-8-19-38(44)39-20-9-13-24-45(39)57)48(43)35-51(42)58(37-17-6-5-7-18-37)50-26-16-28-53-54(50)41-22-11-15-27-52(41)59-53/h5-30,33-35H,31-32H2,1-4H3. The van der Waals surface area contributed by atoms with Gasteiger partial charge in [-0.15, -0.1) is 0 Å². The molecule has 0 saturated carbocycles. The molecule has 8 aromatic carbocycles. The van der Waals surface area contributed by atoms with Gasteiger partial charge in [0.05, 0.1) is 22.2 Å². The number of nitrogens with zero attached hydrogens (tertiary/aromatic N) is 1. The Kier molecular flexibility index (Phi) is 7.11. The van der Waals surface area contributed by atoms with Crippen LogP contribution in [0.3, 0.4) is 0 Å². The summed E-state index contributed by atoms with van der Waals surface area (Å²) in [6.07, 6.45) is 2.34. The first-order valence-electron chi connectivity index (χ1n) is 21.1. The maximum absolute atomic E-state index is 6.58. The van der Waals surface area contributed by atoms with Gasteiger partial charge in [0.25, 0.3) is 0 Å². The lowest BCUT2D eigenvalue weighted by molar-refractivity contribution is 0.332. The quantitative estimate of drug-likeness (QED) is 0.178. The molecule has 0 aliphatic heterocycles.